The van der Waals surface area contributed by atoms with E-state index >= 15 is 0 Å². The van der Waals surface area contributed by atoms with Gasteiger partial charge in [0.2, 0.25) is 0 Å². The number of pyridine rings is 1. The van der Waals surface area contributed by atoms with Gasteiger partial charge in [0.25, 0.3) is 0 Å². The van der Waals surface area contributed by atoms with Crippen molar-refractivity contribution in [1.29, 1.82) is 0 Å². The predicted octanol–water partition coefficient (Wildman–Crippen LogP) is 3.64. The summed E-state index contributed by atoms with van der Waals surface area (Å²) in [5.74, 6) is 1.39. The molecule has 0 amide bonds. The van der Waals surface area contributed by atoms with Crippen LogP contribution < -0.4 is 5.32 Å². The van der Waals surface area contributed by atoms with E-state index in [-0.39, 0.29) is 12.0 Å². The second-order valence-electron chi connectivity index (χ2n) is 5.07. The first kappa shape index (κ1) is 16.6. The number of aryl methyl sites for hydroxylation is 1. The molecule has 0 aliphatic carbocycles. The summed E-state index contributed by atoms with van der Waals surface area (Å²) in [5, 5.41) is 4.36. The molecule has 1 aromatic heterocycles. The van der Waals surface area contributed by atoms with Gasteiger partial charge in [0.15, 0.2) is 0 Å². The average Bonchev–Trinajstić information content (AvgIpc) is 2.51. The van der Waals surface area contributed by atoms with Gasteiger partial charge in [-0.2, -0.15) is 11.8 Å². The molecule has 0 unspecified atom stereocenters. The number of carbonyl (C=O) groups is 1. The van der Waals surface area contributed by atoms with E-state index in [0.29, 0.717) is 13.0 Å². The van der Waals surface area contributed by atoms with Gasteiger partial charge in [-0.05, 0) is 50.0 Å². The van der Waals surface area contributed by atoms with Crippen molar-refractivity contribution in [2.24, 2.45) is 0 Å². The molecule has 0 aliphatic heterocycles. The van der Waals surface area contributed by atoms with E-state index < -0.39 is 0 Å². The van der Waals surface area contributed by atoms with Gasteiger partial charge in [-0.15, -0.1) is 0 Å². The highest BCUT2D eigenvalue weighted by Gasteiger charge is 2.20. The molecule has 0 fully saturated rings. The number of para-hydroxylation sites is 1. The summed E-state index contributed by atoms with van der Waals surface area (Å²) in [6, 6.07) is 9.62. The maximum absolute atomic E-state index is 12.1. The molecule has 0 saturated carbocycles. The lowest BCUT2D eigenvalue weighted by atomic mass is 10.1. The van der Waals surface area contributed by atoms with E-state index in [1.54, 1.807) is 11.8 Å². The second-order valence-corrected chi connectivity index (χ2v) is 6.06. The number of hydrogen-bond donors (Lipinski definition) is 1. The molecule has 2 rings (SSSR count). The fourth-order valence-corrected chi connectivity index (χ4v) is 2.80. The zero-order chi connectivity index (χ0) is 15.9. The summed E-state index contributed by atoms with van der Waals surface area (Å²) in [7, 11) is 0. The summed E-state index contributed by atoms with van der Waals surface area (Å²) in [5.41, 5.74) is 2.07. The minimum Gasteiger partial charge on any atom is -0.464 e. The van der Waals surface area contributed by atoms with Gasteiger partial charge in [-0.25, -0.2) is 9.78 Å². The van der Waals surface area contributed by atoms with Crippen LogP contribution in [0.2, 0.25) is 0 Å². The molecule has 22 heavy (non-hydrogen) atoms. The quantitative estimate of drug-likeness (QED) is 0.790. The third-order valence-corrected chi connectivity index (χ3v) is 4.07. The van der Waals surface area contributed by atoms with Crippen molar-refractivity contribution in [3.63, 3.8) is 0 Å². The monoisotopic (exact) mass is 318 g/mol. The summed E-state index contributed by atoms with van der Waals surface area (Å²) >= 11 is 1.71. The zero-order valence-corrected chi connectivity index (χ0v) is 14.1. The zero-order valence-electron chi connectivity index (χ0n) is 13.3. The van der Waals surface area contributed by atoms with E-state index in [1.807, 2.05) is 37.4 Å². The van der Waals surface area contributed by atoms with E-state index in [1.165, 1.54) is 0 Å². The minimum absolute atomic E-state index is 0.218. The normalized spacial score (nSPS) is 12.1. The molecule has 1 heterocycles. The Hall–Kier alpha value is -1.75. The van der Waals surface area contributed by atoms with E-state index in [0.717, 1.165) is 28.0 Å². The largest absolute Gasteiger partial charge is 0.464 e. The van der Waals surface area contributed by atoms with Crippen LogP contribution in [0.4, 0.5) is 5.82 Å². The van der Waals surface area contributed by atoms with Gasteiger partial charge >= 0.3 is 5.97 Å². The van der Waals surface area contributed by atoms with E-state index in [4.69, 9.17) is 4.74 Å². The number of anilines is 1. The predicted molar refractivity (Wildman–Crippen MR) is 93.5 cm³/mol. The van der Waals surface area contributed by atoms with Gasteiger partial charge in [0, 0.05) is 5.39 Å². The van der Waals surface area contributed by atoms with Crippen LogP contribution >= 0.6 is 11.8 Å². The Morgan fingerprint density at radius 2 is 2.18 bits per heavy atom. The van der Waals surface area contributed by atoms with Crippen LogP contribution in [0.5, 0.6) is 0 Å². The van der Waals surface area contributed by atoms with Crippen LogP contribution in [0.1, 0.15) is 18.9 Å². The summed E-state index contributed by atoms with van der Waals surface area (Å²) in [4.78, 5) is 16.7. The molecule has 0 aliphatic rings. The Bertz CT molecular complexity index is 646. The number of aromatic nitrogens is 1. The van der Waals surface area contributed by atoms with Crippen LogP contribution in [0.15, 0.2) is 30.3 Å². The van der Waals surface area contributed by atoms with Gasteiger partial charge in [-0.3, -0.25) is 0 Å². The van der Waals surface area contributed by atoms with Crippen molar-refractivity contribution in [2.75, 3.05) is 23.9 Å². The maximum atomic E-state index is 12.1. The molecule has 2 aromatic rings. The van der Waals surface area contributed by atoms with Crippen molar-refractivity contribution < 1.29 is 9.53 Å². The van der Waals surface area contributed by atoms with Crippen LogP contribution in [0.3, 0.4) is 0 Å². The number of esters is 1. The van der Waals surface area contributed by atoms with E-state index in [2.05, 4.69) is 23.3 Å². The average molecular weight is 318 g/mol. The Labute approximate surface area is 135 Å². The smallest absolute Gasteiger partial charge is 0.328 e. The van der Waals surface area contributed by atoms with Gasteiger partial charge in [0.1, 0.15) is 11.9 Å². The summed E-state index contributed by atoms with van der Waals surface area (Å²) in [6.07, 6.45) is 2.74. The molecular formula is C17H22N2O2S. The molecule has 0 saturated heterocycles. The van der Waals surface area contributed by atoms with Crippen LogP contribution in [0, 0.1) is 6.92 Å². The first-order chi connectivity index (χ1) is 10.7. The number of benzene rings is 1. The van der Waals surface area contributed by atoms with Gasteiger partial charge < -0.3 is 10.1 Å². The van der Waals surface area contributed by atoms with Gasteiger partial charge in [0.05, 0.1) is 12.1 Å². The van der Waals surface area contributed by atoms with Crippen molar-refractivity contribution in [1.82, 2.24) is 4.98 Å². The molecule has 118 valence electrons. The van der Waals surface area contributed by atoms with Crippen molar-refractivity contribution in [3.05, 3.63) is 35.9 Å². The number of nitrogens with zero attached hydrogens (tertiary/aromatic N) is 1. The van der Waals surface area contributed by atoms with E-state index in [9.17, 15) is 4.79 Å². The molecular weight excluding hydrogens is 296 g/mol. The standard InChI is InChI=1S/C17H22N2O2S/c1-4-21-17(20)15(9-10-22-3)19-16-11-12(2)13-7-5-6-8-14(13)18-16/h5-8,11,15H,4,9-10H2,1-3H3,(H,18,19)/t15-/m0/s1. The molecule has 0 radical (unpaired) electrons. The lowest BCUT2D eigenvalue weighted by Crippen LogP contribution is -2.32. The molecule has 5 heteroatoms. The number of carbonyl (C=O) groups excluding carboxylic acids is 1. The lowest BCUT2D eigenvalue weighted by Gasteiger charge is -2.18. The lowest BCUT2D eigenvalue weighted by molar-refractivity contribution is -0.144. The van der Waals surface area contributed by atoms with Crippen molar-refractivity contribution in [2.45, 2.75) is 26.3 Å². The third kappa shape index (κ3) is 4.13. The molecule has 0 bridgehead atoms. The maximum Gasteiger partial charge on any atom is 0.328 e. The molecule has 4 nitrogen and oxygen atoms in total. The second kappa shape index (κ2) is 8.03. The topological polar surface area (TPSA) is 51.2 Å². The fraction of sp³-hybridized carbons (Fsp3) is 0.412. The molecule has 1 N–H and O–H groups in total. The summed E-state index contributed by atoms with van der Waals surface area (Å²) in [6.45, 7) is 4.26. The number of thioether (sulfide) groups is 1. The number of fused-ring (bicyclic) bond motifs is 1. The van der Waals surface area contributed by atoms with Crippen LogP contribution in [0.25, 0.3) is 10.9 Å². The highest BCUT2D eigenvalue weighted by atomic mass is 32.2. The number of ether oxygens (including phenoxy) is 1. The molecule has 0 spiro atoms. The number of hydrogen-bond acceptors (Lipinski definition) is 5. The third-order valence-electron chi connectivity index (χ3n) is 3.43. The highest BCUT2D eigenvalue weighted by molar-refractivity contribution is 7.98. The number of rotatable bonds is 7. The minimum atomic E-state index is -0.361. The first-order valence-corrected chi connectivity index (χ1v) is 8.83. The molecule has 1 atom stereocenters. The van der Waals surface area contributed by atoms with Gasteiger partial charge in [-0.1, -0.05) is 18.2 Å². The Kier molecular flexibility index (Phi) is 6.07. The Balaban J connectivity index is 2.23. The Morgan fingerprint density at radius 3 is 2.91 bits per heavy atom. The van der Waals surface area contributed by atoms with Crippen molar-refractivity contribution in [3.8, 4) is 0 Å². The van der Waals surface area contributed by atoms with Crippen LogP contribution in [-0.2, 0) is 9.53 Å². The highest BCUT2D eigenvalue weighted by Crippen LogP contribution is 2.21. The fourth-order valence-electron chi connectivity index (χ4n) is 2.33. The van der Waals surface area contributed by atoms with Crippen molar-refractivity contribution >= 4 is 34.5 Å². The summed E-state index contributed by atoms with van der Waals surface area (Å²) < 4.78 is 5.15. The Morgan fingerprint density at radius 1 is 1.41 bits per heavy atom. The number of nitrogens with one attached hydrogen (secondary N) is 1. The molecule has 1 aromatic carbocycles. The van der Waals surface area contributed by atoms with Crippen LogP contribution in [-0.4, -0.2) is 35.6 Å². The first-order valence-electron chi connectivity index (χ1n) is 7.44. The SMILES string of the molecule is CCOC(=O)[C@H](CCSC)Nc1cc(C)c2ccccc2n1.